The average Bonchev–Trinajstić information content (AvgIpc) is 2.04. The molecule has 1 rings (SSSR count). The van der Waals surface area contributed by atoms with Gasteiger partial charge in [-0.05, 0) is 24.3 Å². The number of ether oxygens (including phenoxy) is 1. The lowest BCUT2D eigenvalue weighted by atomic mass is 10.3. The quantitative estimate of drug-likeness (QED) is 0.707. The number of aromatic hydroxyl groups is 1. The fraction of sp³-hybridized carbons (Fsp3) is 0.250. The Morgan fingerprint density at radius 3 is 2.45 bits per heavy atom. The second-order valence-corrected chi connectivity index (χ2v) is 2.41. The van der Waals surface area contributed by atoms with Crippen LogP contribution >= 0.6 is 11.6 Å². The van der Waals surface area contributed by atoms with Gasteiger partial charge in [-0.25, -0.2) is 0 Å². The van der Waals surface area contributed by atoms with Crippen molar-refractivity contribution in [1.82, 2.24) is 0 Å². The Morgan fingerprint density at radius 2 is 1.91 bits per heavy atom. The minimum atomic E-state index is 0.239. The molecule has 0 fully saturated rings. The van der Waals surface area contributed by atoms with Crippen molar-refractivity contribution in [2.45, 2.75) is 0 Å². The number of rotatable bonds is 3. The normalized spacial score (nSPS) is 9.55. The molecule has 11 heavy (non-hydrogen) atoms. The molecule has 1 aromatic rings. The van der Waals surface area contributed by atoms with Crippen LogP contribution in [0.3, 0.4) is 0 Å². The molecule has 0 radical (unpaired) electrons. The second kappa shape index (κ2) is 4.09. The maximum atomic E-state index is 8.90. The third-order valence-corrected chi connectivity index (χ3v) is 1.34. The number of alkyl halides is 1. The van der Waals surface area contributed by atoms with Gasteiger partial charge < -0.3 is 9.84 Å². The van der Waals surface area contributed by atoms with Gasteiger partial charge >= 0.3 is 0 Å². The van der Waals surface area contributed by atoms with Gasteiger partial charge in [0.05, 0.1) is 5.88 Å². The van der Waals surface area contributed by atoms with Crippen LogP contribution in [0.15, 0.2) is 24.3 Å². The van der Waals surface area contributed by atoms with Gasteiger partial charge in [0, 0.05) is 0 Å². The zero-order valence-corrected chi connectivity index (χ0v) is 6.71. The van der Waals surface area contributed by atoms with E-state index in [1.54, 1.807) is 24.3 Å². The van der Waals surface area contributed by atoms with E-state index in [4.69, 9.17) is 21.4 Å². The molecule has 60 valence electrons. The smallest absolute Gasteiger partial charge is 0.119 e. The molecule has 0 aliphatic heterocycles. The maximum absolute atomic E-state index is 8.90. The maximum Gasteiger partial charge on any atom is 0.119 e. The van der Waals surface area contributed by atoms with Crippen molar-refractivity contribution in [2.24, 2.45) is 0 Å². The molecule has 3 heteroatoms. The van der Waals surface area contributed by atoms with Gasteiger partial charge in [-0.1, -0.05) is 0 Å². The summed E-state index contributed by atoms with van der Waals surface area (Å²) in [7, 11) is 0. The molecule has 0 saturated heterocycles. The van der Waals surface area contributed by atoms with Crippen molar-refractivity contribution < 1.29 is 9.84 Å². The number of phenols is 1. The third kappa shape index (κ3) is 2.68. The van der Waals surface area contributed by atoms with Crippen LogP contribution in [-0.2, 0) is 0 Å². The van der Waals surface area contributed by atoms with Gasteiger partial charge in [-0.3, -0.25) is 0 Å². The SMILES string of the molecule is Oc1ccc(OCCCl)cc1. The lowest BCUT2D eigenvalue weighted by molar-refractivity contribution is 0.342. The predicted octanol–water partition coefficient (Wildman–Crippen LogP) is 2.01. The Hall–Kier alpha value is -0.890. The molecule has 0 spiro atoms. The highest BCUT2D eigenvalue weighted by Gasteiger charge is 1.91. The van der Waals surface area contributed by atoms with Gasteiger partial charge in [0.1, 0.15) is 18.1 Å². The summed E-state index contributed by atoms with van der Waals surface area (Å²) < 4.78 is 5.17. The summed E-state index contributed by atoms with van der Waals surface area (Å²) in [5, 5.41) is 8.90. The van der Waals surface area contributed by atoms with Crippen molar-refractivity contribution in [1.29, 1.82) is 0 Å². The zero-order chi connectivity index (χ0) is 8.10. The number of hydrogen-bond acceptors (Lipinski definition) is 2. The van der Waals surface area contributed by atoms with E-state index < -0.39 is 0 Å². The highest BCUT2D eigenvalue weighted by molar-refractivity contribution is 6.17. The largest absolute Gasteiger partial charge is 0.508 e. The first-order valence-corrected chi connectivity index (χ1v) is 3.84. The molecule has 0 amide bonds. The van der Waals surface area contributed by atoms with Crippen LogP contribution in [0.5, 0.6) is 11.5 Å². The van der Waals surface area contributed by atoms with Crippen LogP contribution < -0.4 is 4.74 Å². The molecule has 0 saturated carbocycles. The van der Waals surface area contributed by atoms with Crippen molar-refractivity contribution in [3.63, 3.8) is 0 Å². The average molecular weight is 173 g/mol. The molecule has 1 aromatic carbocycles. The summed E-state index contributed by atoms with van der Waals surface area (Å²) in [6, 6.07) is 6.54. The van der Waals surface area contributed by atoms with Crippen LogP contribution in [0.25, 0.3) is 0 Å². The molecule has 0 heterocycles. The van der Waals surface area contributed by atoms with E-state index in [0.29, 0.717) is 12.5 Å². The van der Waals surface area contributed by atoms with Gasteiger partial charge in [0.2, 0.25) is 0 Å². The van der Waals surface area contributed by atoms with E-state index in [1.165, 1.54) is 0 Å². The summed E-state index contributed by atoms with van der Waals surface area (Å²) in [5.74, 6) is 1.44. The van der Waals surface area contributed by atoms with E-state index >= 15 is 0 Å². The van der Waals surface area contributed by atoms with Crippen LogP contribution in [0.2, 0.25) is 0 Å². The molecule has 0 bridgehead atoms. The Labute approximate surface area is 70.4 Å². The summed E-state index contributed by atoms with van der Waals surface area (Å²) in [6.07, 6.45) is 0. The minimum Gasteiger partial charge on any atom is -0.508 e. The third-order valence-electron chi connectivity index (χ3n) is 1.18. The van der Waals surface area contributed by atoms with Crippen molar-refractivity contribution >= 4 is 11.6 Å². The predicted molar refractivity (Wildman–Crippen MR) is 44.3 cm³/mol. The highest BCUT2D eigenvalue weighted by atomic mass is 35.5. The monoisotopic (exact) mass is 172 g/mol. The van der Waals surface area contributed by atoms with E-state index in [-0.39, 0.29) is 5.75 Å². The van der Waals surface area contributed by atoms with Crippen LogP contribution in [0, 0.1) is 0 Å². The van der Waals surface area contributed by atoms with Crippen LogP contribution in [0.4, 0.5) is 0 Å². The second-order valence-electron chi connectivity index (χ2n) is 2.03. The van der Waals surface area contributed by atoms with Crippen molar-refractivity contribution in [3.05, 3.63) is 24.3 Å². The topological polar surface area (TPSA) is 29.5 Å². The Balaban J connectivity index is 2.52. The van der Waals surface area contributed by atoms with Gasteiger partial charge in [-0.15, -0.1) is 11.6 Å². The van der Waals surface area contributed by atoms with E-state index in [0.717, 1.165) is 5.75 Å². The molecule has 0 atom stereocenters. The molecule has 0 unspecified atom stereocenters. The lowest BCUT2D eigenvalue weighted by Crippen LogP contribution is -1.97. The fourth-order valence-corrected chi connectivity index (χ4v) is 0.776. The molecular formula is C8H9ClO2. The summed E-state index contributed by atoms with van der Waals surface area (Å²) >= 11 is 5.41. The molecule has 0 aliphatic carbocycles. The number of halogens is 1. The number of hydrogen-bond donors (Lipinski definition) is 1. The summed E-state index contributed by atoms with van der Waals surface area (Å²) in [4.78, 5) is 0. The number of benzene rings is 1. The van der Waals surface area contributed by atoms with Crippen LogP contribution in [0.1, 0.15) is 0 Å². The van der Waals surface area contributed by atoms with Crippen molar-refractivity contribution in [3.8, 4) is 11.5 Å². The summed E-state index contributed by atoms with van der Waals surface area (Å²) in [5.41, 5.74) is 0. The zero-order valence-electron chi connectivity index (χ0n) is 5.96. The standard InChI is InChI=1S/C8H9ClO2/c9-5-6-11-8-3-1-7(10)2-4-8/h1-4,10H,5-6H2. The van der Waals surface area contributed by atoms with Gasteiger partial charge in [0.25, 0.3) is 0 Å². The molecule has 0 aliphatic rings. The Kier molecular flexibility index (Phi) is 3.05. The summed E-state index contributed by atoms with van der Waals surface area (Å²) in [6.45, 7) is 0.492. The van der Waals surface area contributed by atoms with E-state index in [2.05, 4.69) is 0 Å². The van der Waals surface area contributed by atoms with Gasteiger partial charge in [0.15, 0.2) is 0 Å². The molecule has 0 aromatic heterocycles. The molecule has 1 N–H and O–H groups in total. The van der Waals surface area contributed by atoms with Crippen molar-refractivity contribution in [2.75, 3.05) is 12.5 Å². The minimum absolute atomic E-state index is 0.239. The van der Waals surface area contributed by atoms with Crippen LogP contribution in [-0.4, -0.2) is 17.6 Å². The van der Waals surface area contributed by atoms with E-state index in [9.17, 15) is 0 Å². The molecule has 2 nitrogen and oxygen atoms in total. The fourth-order valence-electron chi connectivity index (χ4n) is 0.699. The first-order valence-electron chi connectivity index (χ1n) is 3.31. The van der Waals surface area contributed by atoms with Gasteiger partial charge in [-0.2, -0.15) is 0 Å². The Bertz CT molecular complexity index is 208. The molecular weight excluding hydrogens is 164 g/mol. The highest BCUT2D eigenvalue weighted by Crippen LogP contribution is 2.15. The number of phenolic OH excluding ortho intramolecular Hbond substituents is 1. The van der Waals surface area contributed by atoms with E-state index in [1.807, 2.05) is 0 Å². The first kappa shape index (κ1) is 8.21. The lowest BCUT2D eigenvalue weighted by Gasteiger charge is -2.02. The first-order chi connectivity index (χ1) is 5.33. The Morgan fingerprint density at radius 1 is 1.27 bits per heavy atom.